The summed E-state index contributed by atoms with van der Waals surface area (Å²) in [4.78, 5) is 25.0. The highest BCUT2D eigenvalue weighted by Gasteiger charge is 2.42. The summed E-state index contributed by atoms with van der Waals surface area (Å²) in [7, 11) is -0.189. The number of anilines is 1. The lowest BCUT2D eigenvalue weighted by Gasteiger charge is -2.30. The van der Waals surface area contributed by atoms with Gasteiger partial charge in [-0.25, -0.2) is 0 Å². The minimum Gasteiger partial charge on any atom is -0.468 e. The van der Waals surface area contributed by atoms with E-state index in [2.05, 4.69) is 13.1 Å². The standard InChI is InChI=1S/C17H27NO4Si/c1-17(2,3)22-16(20)13(15(19)21-4)14(23(5)6)11-9-7-8-10-12(11)18/h7-10,13-14,23H,18H2,1-6H3. The third kappa shape index (κ3) is 5.09. The third-order valence-electron chi connectivity index (χ3n) is 3.55. The van der Waals surface area contributed by atoms with Crippen molar-refractivity contribution in [2.75, 3.05) is 12.8 Å². The second-order valence-electron chi connectivity index (χ2n) is 6.93. The van der Waals surface area contributed by atoms with Gasteiger partial charge < -0.3 is 15.2 Å². The zero-order valence-electron chi connectivity index (χ0n) is 14.8. The highest BCUT2D eigenvalue weighted by Crippen LogP contribution is 2.34. The molecule has 5 nitrogen and oxygen atoms in total. The molecule has 0 saturated heterocycles. The third-order valence-corrected chi connectivity index (χ3v) is 5.73. The second-order valence-corrected chi connectivity index (χ2v) is 10.1. The average molecular weight is 337 g/mol. The maximum Gasteiger partial charge on any atom is 0.321 e. The summed E-state index contributed by atoms with van der Waals surface area (Å²) in [5.74, 6) is -2.12. The first-order valence-electron chi connectivity index (χ1n) is 7.73. The normalized spacial score (nSPS) is 14.2. The molecule has 128 valence electrons. The van der Waals surface area contributed by atoms with Gasteiger partial charge in [-0.3, -0.25) is 9.59 Å². The molecule has 2 atom stereocenters. The highest BCUT2D eigenvalue weighted by molar-refractivity contribution is 6.58. The molecule has 0 spiro atoms. The maximum atomic E-state index is 12.6. The van der Waals surface area contributed by atoms with Gasteiger partial charge in [0, 0.05) is 20.0 Å². The summed E-state index contributed by atoms with van der Waals surface area (Å²) in [5.41, 5.74) is 6.53. The van der Waals surface area contributed by atoms with E-state index in [1.54, 1.807) is 26.8 Å². The number of rotatable bonds is 5. The summed E-state index contributed by atoms with van der Waals surface area (Å²) in [5, 5.41) is 0. The number of methoxy groups -OCH3 is 1. The van der Waals surface area contributed by atoms with Crippen molar-refractivity contribution in [1.29, 1.82) is 0 Å². The predicted molar refractivity (Wildman–Crippen MR) is 93.8 cm³/mol. The molecule has 0 aromatic heterocycles. The smallest absolute Gasteiger partial charge is 0.321 e. The molecule has 0 aliphatic heterocycles. The number of hydrogen-bond donors (Lipinski definition) is 1. The quantitative estimate of drug-likeness (QED) is 0.386. The number of nitrogens with two attached hydrogens (primary N) is 1. The zero-order valence-corrected chi connectivity index (χ0v) is 15.9. The van der Waals surface area contributed by atoms with Crippen LogP contribution in [0.1, 0.15) is 31.9 Å². The molecular weight excluding hydrogens is 310 g/mol. The van der Waals surface area contributed by atoms with Crippen LogP contribution in [-0.2, 0) is 19.1 Å². The van der Waals surface area contributed by atoms with Gasteiger partial charge >= 0.3 is 11.9 Å². The van der Waals surface area contributed by atoms with Crippen molar-refractivity contribution in [2.24, 2.45) is 5.92 Å². The Balaban J connectivity index is 3.33. The van der Waals surface area contributed by atoms with Crippen LogP contribution in [0.2, 0.25) is 13.1 Å². The average Bonchev–Trinajstić information content (AvgIpc) is 2.42. The summed E-state index contributed by atoms with van der Waals surface area (Å²) in [6, 6.07) is 7.34. The van der Waals surface area contributed by atoms with Crippen LogP contribution < -0.4 is 5.73 Å². The number of carbonyl (C=O) groups is 2. The Kier molecular flexibility index (Phi) is 6.38. The van der Waals surface area contributed by atoms with Crippen molar-refractivity contribution in [3.8, 4) is 0 Å². The molecule has 0 aliphatic rings. The fraction of sp³-hybridized carbons (Fsp3) is 0.529. The molecule has 0 saturated carbocycles. The summed E-state index contributed by atoms with van der Waals surface area (Å²) in [6.45, 7) is 9.49. The van der Waals surface area contributed by atoms with E-state index in [4.69, 9.17) is 15.2 Å². The van der Waals surface area contributed by atoms with Gasteiger partial charge in [0.15, 0.2) is 5.92 Å². The Hall–Kier alpha value is -1.82. The predicted octanol–water partition coefficient (Wildman–Crippen LogP) is 2.51. The fourth-order valence-corrected chi connectivity index (χ4v) is 4.73. The lowest BCUT2D eigenvalue weighted by atomic mass is 9.96. The van der Waals surface area contributed by atoms with Crippen molar-refractivity contribution in [3.05, 3.63) is 29.8 Å². The van der Waals surface area contributed by atoms with Gasteiger partial charge in [-0.1, -0.05) is 31.3 Å². The van der Waals surface area contributed by atoms with Crippen LogP contribution in [0.15, 0.2) is 24.3 Å². The Morgan fingerprint density at radius 2 is 1.70 bits per heavy atom. The van der Waals surface area contributed by atoms with Crippen molar-refractivity contribution in [1.82, 2.24) is 0 Å². The highest BCUT2D eigenvalue weighted by atomic mass is 28.3. The monoisotopic (exact) mass is 337 g/mol. The first-order valence-corrected chi connectivity index (χ1v) is 10.7. The molecule has 0 fully saturated rings. The van der Waals surface area contributed by atoms with Crippen LogP contribution in [0.25, 0.3) is 0 Å². The molecule has 0 amide bonds. The van der Waals surface area contributed by atoms with Crippen molar-refractivity contribution < 1.29 is 19.1 Å². The van der Waals surface area contributed by atoms with E-state index < -0.39 is 32.3 Å². The van der Waals surface area contributed by atoms with Crippen LogP contribution in [0.3, 0.4) is 0 Å². The lowest BCUT2D eigenvalue weighted by molar-refractivity contribution is -0.168. The molecule has 0 aliphatic carbocycles. The van der Waals surface area contributed by atoms with Crippen LogP contribution in [-0.4, -0.2) is 33.4 Å². The van der Waals surface area contributed by atoms with Crippen molar-refractivity contribution >= 4 is 26.4 Å². The van der Waals surface area contributed by atoms with Crippen molar-refractivity contribution in [3.63, 3.8) is 0 Å². The van der Waals surface area contributed by atoms with Gasteiger partial charge in [-0.05, 0) is 32.4 Å². The van der Waals surface area contributed by atoms with E-state index >= 15 is 0 Å². The number of hydrogen-bond acceptors (Lipinski definition) is 5. The lowest BCUT2D eigenvalue weighted by Crippen LogP contribution is -2.41. The van der Waals surface area contributed by atoms with E-state index in [0.717, 1.165) is 5.56 Å². The zero-order chi connectivity index (χ0) is 17.8. The molecule has 1 aromatic carbocycles. The van der Waals surface area contributed by atoms with Crippen molar-refractivity contribution in [2.45, 2.75) is 45.0 Å². The number of benzene rings is 1. The molecule has 1 rings (SSSR count). The van der Waals surface area contributed by atoms with Gasteiger partial charge in [-0.15, -0.1) is 0 Å². The Bertz CT molecular complexity index is 566. The molecule has 0 heterocycles. The maximum absolute atomic E-state index is 12.6. The number of ether oxygens (including phenoxy) is 2. The number of para-hydroxylation sites is 1. The van der Waals surface area contributed by atoms with Crippen LogP contribution in [0.5, 0.6) is 0 Å². The minimum absolute atomic E-state index is 0.279. The Morgan fingerprint density at radius 1 is 1.13 bits per heavy atom. The molecule has 6 heteroatoms. The molecule has 2 unspecified atom stereocenters. The number of carbonyl (C=O) groups excluding carboxylic acids is 2. The molecule has 1 aromatic rings. The largest absolute Gasteiger partial charge is 0.468 e. The summed E-state index contributed by atoms with van der Waals surface area (Å²) in [6.07, 6.45) is 0. The van der Waals surface area contributed by atoms with E-state index in [1.807, 2.05) is 18.2 Å². The van der Waals surface area contributed by atoms with Gasteiger partial charge in [0.1, 0.15) is 5.60 Å². The molecule has 23 heavy (non-hydrogen) atoms. The van der Waals surface area contributed by atoms with Gasteiger partial charge in [0.2, 0.25) is 0 Å². The van der Waals surface area contributed by atoms with Crippen LogP contribution in [0, 0.1) is 5.92 Å². The summed E-state index contributed by atoms with van der Waals surface area (Å²) >= 11 is 0. The Morgan fingerprint density at radius 3 is 2.13 bits per heavy atom. The topological polar surface area (TPSA) is 78.6 Å². The first-order chi connectivity index (χ1) is 10.6. The molecule has 0 bridgehead atoms. The molecule has 0 radical (unpaired) electrons. The van der Waals surface area contributed by atoms with E-state index in [-0.39, 0.29) is 5.54 Å². The van der Waals surface area contributed by atoms with Crippen LogP contribution >= 0.6 is 0 Å². The van der Waals surface area contributed by atoms with Crippen LogP contribution in [0.4, 0.5) is 5.69 Å². The van der Waals surface area contributed by atoms with Gasteiger partial charge in [0.05, 0.1) is 7.11 Å². The Labute approximate surface area is 139 Å². The SMILES string of the molecule is COC(=O)C(C(=O)OC(C)(C)C)C(c1ccccc1N)[SiH](C)C. The van der Waals surface area contributed by atoms with Gasteiger partial charge in [-0.2, -0.15) is 0 Å². The van der Waals surface area contributed by atoms with E-state index in [1.165, 1.54) is 7.11 Å². The van der Waals surface area contributed by atoms with E-state index in [0.29, 0.717) is 5.69 Å². The number of nitrogen functional groups attached to an aromatic ring is 1. The van der Waals surface area contributed by atoms with E-state index in [9.17, 15) is 9.59 Å². The second kappa shape index (κ2) is 7.63. The minimum atomic E-state index is -1.47. The summed E-state index contributed by atoms with van der Waals surface area (Å²) < 4.78 is 10.3. The molecular formula is C17H27NO4Si. The fourth-order valence-electron chi connectivity index (χ4n) is 2.62. The number of esters is 2. The first kappa shape index (κ1) is 19.2. The van der Waals surface area contributed by atoms with Gasteiger partial charge in [0.25, 0.3) is 0 Å². The molecule has 2 N–H and O–H groups in total.